The molecule has 0 aliphatic carbocycles. The van der Waals surface area contributed by atoms with E-state index in [1.165, 1.54) is 6.21 Å². The summed E-state index contributed by atoms with van der Waals surface area (Å²) >= 11 is 0. The van der Waals surface area contributed by atoms with E-state index in [-0.39, 0.29) is 0 Å². The highest BCUT2D eigenvalue weighted by Gasteiger charge is 2.12. The van der Waals surface area contributed by atoms with Gasteiger partial charge in [0.05, 0.1) is 6.21 Å². The quantitative estimate of drug-likeness (QED) is 0.514. The maximum Gasteiger partial charge on any atom is 0.329 e. The molecule has 0 heterocycles. The van der Waals surface area contributed by atoms with Gasteiger partial charge in [-0.25, -0.2) is 5.43 Å². The van der Waals surface area contributed by atoms with Crippen molar-refractivity contribution < 1.29 is 9.59 Å². The minimum Gasteiger partial charge on any atom is -0.378 e. The van der Waals surface area contributed by atoms with Crippen LogP contribution < -0.4 is 15.6 Å². The van der Waals surface area contributed by atoms with Gasteiger partial charge in [-0.3, -0.25) is 9.59 Å². The molecule has 0 atom stereocenters. The molecular formula is C18H20N4O2. The highest BCUT2D eigenvalue weighted by molar-refractivity contribution is 6.39. The molecule has 0 aliphatic rings. The van der Waals surface area contributed by atoms with Crippen molar-refractivity contribution in [1.82, 2.24) is 5.43 Å². The molecule has 2 aromatic carbocycles. The molecule has 24 heavy (non-hydrogen) atoms. The standard InChI is InChI=1S/C18H20N4O2/c1-13-5-4-6-15(11-13)20-17(23)18(24)21-19-12-14-7-9-16(10-8-14)22(2)3/h4-12H,1-3H3,(H,20,23)(H,21,24). The molecule has 0 saturated heterocycles. The van der Waals surface area contributed by atoms with Crippen molar-refractivity contribution >= 4 is 29.4 Å². The second-order valence-corrected chi connectivity index (χ2v) is 5.51. The Balaban J connectivity index is 1.88. The third-order valence-electron chi connectivity index (χ3n) is 3.27. The van der Waals surface area contributed by atoms with E-state index >= 15 is 0 Å². The SMILES string of the molecule is Cc1cccc(NC(=O)C(=O)NN=Cc2ccc(N(C)C)cc2)c1. The van der Waals surface area contributed by atoms with Gasteiger partial charge in [0.25, 0.3) is 0 Å². The molecule has 0 fully saturated rings. The number of hydrazone groups is 1. The first-order chi connectivity index (χ1) is 11.5. The molecule has 6 nitrogen and oxygen atoms in total. The lowest BCUT2D eigenvalue weighted by molar-refractivity contribution is -0.136. The molecule has 2 aromatic rings. The molecule has 0 aliphatic heterocycles. The minimum atomic E-state index is -0.822. The van der Waals surface area contributed by atoms with Crippen LogP contribution in [0.2, 0.25) is 0 Å². The largest absolute Gasteiger partial charge is 0.378 e. The number of benzene rings is 2. The van der Waals surface area contributed by atoms with Crippen LogP contribution in [0.25, 0.3) is 0 Å². The van der Waals surface area contributed by atoms with Gasteiger partial charge in [0.1, 0.15) is 0 Å². The number of amides is 2. The van der Waals surface area contributed by atoms with Crippen molar-refractivity contribution in [3.8, 4) is 0 Å². The number of hydrogen-bond donors (Lipinski definition) is 2. The summed E-state index contributed by atoms with van der Waals surface area (Å²) in [7, 11) is 3.91. The summed E-state index contributed by atoms with van der Waals surface area (Å²) in [4.78, 5) is 25.5. The molecule has 6 heteroatoms. The molecule has 0 aromatic heterocycles. The van der Waals surface area contributed by atoms with Gasteiger partial charge in [-0.1, -0.05) is 24.3 Å². The van der Waals surface area contributed by atoms with Crippen LogP contribution in [0.4, 0.5) is 11.4 Å². The number of hydrogen-bond acceptors (Lipinski definition) is 4. The average molecular weight is 324 g/mol. The molecule has 2 amide bonds. The normalized spacial score (nSPS) is 10.5. The first-order valence-corrected chi connectivity index (χ1v) is 7.44. The van der Waals surface area contributed by atoms with E-state index in [0.717, 1.165) is 16.8 Å². The third kappa shape index (κ3) is 4.95. The maximum atomic E-state index is 11.8. The fraction of sp³-hybridized carbons (Fsp3) is 0.167. The second kappa shape index (κ2) is 7.92. The van der Waals surface area contributed by atoms with Gasteiger partial charge in [0.15, 0.2) is 0 Å². The molecule has 0 saturated carbocycles. The summed E-state index contributed by atoms with van der Waals surface area (Å²) in [6.07, 6.45) is 1.48. The van der Waals surface area contributed by atoms with Crippen LogP contribution >= 0.6 is 0 Å². The van der Waals surface area contributed by atoms with Crippen LogP contribution in [0.1, 0.15) is 11.1 Å². The van der Waals surface area contributed by atoms with Crippen molar-refractivity contribution in [1.29, 1.82) is 0 Å². The van der Waals surface area contributed by atoms with Crippen molar-refractivity contribution in [3.63, 3.8) is 0 Å². The Morgan fingerprint density at radius 3 is 2.38 bits per heavy atom. The van der Waals surface area contributed by atoms with Crippen molar-refractivity contribution in [2.75, 3.05) is 24.3 Å². The van der Waals surface area contributed by atoms with E-state index in [4.69, 9.17) is 0 Å². The van der Waals surface area contributed by atoms with Gasteiger partial charge >= 0.3 is 11.8 Å². The number of carbonyl (C=O) groups excluding carboxylic acids is 2. The summed E-state index contributed by atoms with van der Waals surface area (Å²) in [5, 5.41) is 6.32. The van der Waals surface area contributed by atoms with Gasteiger partial charge in [0.2, 0.25) is 0 Å². The molecule has 0 bridgehead atoms. The number of carbonyl (C=O) groups is 2. The van der Waals surface area contributed by atoms with Gasteiger partial charge in [-0.05, 0) is 42.3 Å². The molecule has 2 rings (SSSR count). The summed E-state index contributed by atoms with van der Waals surface area (Å²) in [5.41, 5.74) is 5.66. The molecule has 0 spiro atoms. The molecule has 0 unspecified atom stereocenters. The van der Waals surface area contributed by atoms with Crippen molar-refractivity contribution in [3.05, 3.63) is 59.7 Å². The van der Waals surface area contributed by atoms with Crippen LogP contribution in [0, 0.1) is 6.92 Å². The summed E-state index contributed by atoms with van der Waals surface area (Å²) in [5.74, 6) is -1.58. The van der Waals surface area contributed by atoms with E-state index in [1.54, 1.807) is 18.2 Å². The summed E-state index contributed by atoms with van der Waals surface area (Å²) in [6.45, 7) is 1.90. The van der Waals surface area contributed by atoms with Crippen LogP contribution in [0.15, 0.2) is 53.6 Å². The predicted molar refractivity (Wildman–Crippen MR) is 96.3 cm³/mol. The average Bonchev–Trinajstić information content (AvgIpc) is 2.55. The first-order valence-electron chi connectivity index (χ1n) is 7.44. The Morgan fingerprint density at radius 1 is 1.04 bits per heavy atom. The molecule has 124 valence electrons. The topological polar surface area (TPSA) is 73.8 Å². The lowest BCUT2D eigenvalue weighted by Gasteiger charge is -2.11. The number of aryl methyl sites for hydroxylation is 1. The maximum absolute atomic E-state index is 11.8. The van der Waals surface area contributed by atoms with E-state index in [0.29, 0.717) is 5.69 Å². The van der Waals surface area contributed by atoms with Gasteiger partial charge in [-0.2, -0.15) is 5.10 Å². The Morgan fingerprint density at radius 2 is 1.75 bits per heavy atom. The number of nitrogens with zero attached hydrogens (tertiary/aromatic N) is 2. The van der Waals surface area contributed by atoms with Crippen LogP contribution in [0.3, 0.4) is 0 Å². The summed E-state index contributed by atoms with van der Waals surface area (Å²) < 4.78 is 0. The Kier molecular flexibility index (Phi) is 5.68. The summed E-state index contributed by atoms with van der Waals surface area (Å²) in [6, 6.07) is 14.8. The first kappa shape index (κ1) is 17.2. The predicted octanol–water partition coefficient (Wildman–Crippen LogP) is 2.15. The van der Waals surface area contributed by atoms with Crippen molar-refractivity contribution in [2.24, 2.45) is 5.10 Å². The molecule has 2 N–H and O–H groups in total. The van der Waals surface area contributed by atoms with Gasteiger partial charge in [0, 0.05) is 25.5 Å². The Labute approximate surface area is 141 Å². The van der Waals surface area contributed by atoms with Crippen LogP contribution in [-0.4, -0.2) is 32.1 Å². The van der Waals surface area contributed by atoms with Gasteiger partial charge in [-0.15, -0.1) is 0 Å². The van der Waals surface area contributed by atoms with Gasteiger partial charge < -0.3 is 10.2 Å². The third-order valence-corrected chi connectivity index (χ3v) is 3.27. The zero-order valence-corrected chi connectivity index (χ0v) is 13.9. The molecule has 0 radical (unpaired) electrons. The van der Waals surface area contributed by atoms with Crippen LogP contribution in [0.5, 0.6) is 0 Å². The monoisotopic (exact) mass is 324 g/mol. The van der Waals surface area contributed by atoms with E-state index in [1.807, 2.05) is 56.3 Å². The Bertz CT molecular complexity index is 752. The van der Waals surface area contributed by atoms with Crippen LogP contribution in [-0.2, 0) is 9.59 Å². The fourth-order valence-corrected chi connectivity index (χ4v) is 1.99. The van der Waals surface area contributed by atoms with Crippen molar-refractivity contribution in [2.45, 2.75) is 6.92 Å². The number of nitrogens with one attached hydrogen (secondary N) is 2. The fourth-order valence-electron chi connectivity index (χ4n) is 1.99. The second-order valence-electron chi connectivity index (χ2n) is 5.51. The number of rotatable bonds is 4. The molecular weight excluding hydrogens is 304 g/mol. The van der Waals surface area contributed by atoms with E-state index < -0.39 is 11.8 Å². The number of anilines is 2. The zero-order valence-electron chi connectivity index (χ0n) is 13.9. The lowest BCUT2D eigenvalue weighted by atomic mass is 10.2. The lowest BCUT2D eigenvalue weighted by Crippen LogP contribution is -2.32. The zero-order chi connectivity index (χ0) is 17.5. The smallest absolute Gasteiger partial charge is 0.329 e. The highest BCUT2D eigenvalue weighted by Crippen LogP contribution is 2.11. The van der Waals surface area contributed by atoms with E-state index in [2.05, 4.69) is 15.8 Å². The Hall–Kier alpha value is -3.15. The highest BCUT2D eigenvalue weighted by atomic mass is 16.2. The van der Waals surface area contributed by atoms with E-state index in [9.17, 15) is 9.59 Å². The minimum absolute atomic E-state index is 0.568.